The summed E-state index contributed by atoms with van der Waals surface area (Å²) in [5.74, 6) is -0.567. The minimum Gasteiger partial charge on any atom is -0.394 e. The summed E-state index contributed by atoms with van der Waals surface area (Å²) in [6, 6.07) is 12.5. The third-order valence-electron chi connectivity index (χ3n) is 7.89. The second-order valence-corrected chi connectivity index (χ2v) is 11.8. The first kappa shape index (κ1) is 30.6. The predicted molar refractivity (Wildman–Crippen MR) is 157 cm³/mol. The number of amides is 1. The van der Waals surface area contributed by atoms with Gasteiger partial charge in [-0.05, 0) is 43.2 Å². The van der Waals surface area contributed by atoms with Gasteiger partial charge in [0.25, 0.3) is 5.91 Å². The van der Waals surface area contributed by atoms with Crippen LogP contribution in [-0.2, 0) is 14.3 Å². The van der Waals surface area contributed by atoms with Crippen molar-refractivity contribution >= 4 is 39.1 Å². The summed E-state index contributed by atoms with van der Waals surface area (Å²) < 4.78 is 14.2. The van der Waals surface area contributed by atoms with Gasteiger partial charge in [-0.1, -0.05) is 57.7 Å². The molecule has 0 spiro atoms. The van der Waals surface area contributed by atoms with Crippen LogP contribution in [0.1, 0.15) is 37.3 Å². The number of benzene rings is 2. The number of rotatable bonds is 7. The lowest BCUT2D eigenvalue weighted by Crippen LogP contribution is -2.63. The molecule has 0 unspecified atom stereocenters. The third kappa shape index (κ3) is 6.09. The van der Waals surface area contributed by atoms with E-state index in [-0.39, 0.29) is 10.6 Å². The van der Waals surface area contributed by atoms with Gasteiger partial charge >= 0.3 is 0 Å². The Morgan fingerprint density at radius 3 is 2.64 bits per heavy atom. The molecule has 2 aliphatic rings. The molecule has 7 atom stereocenters. The van der Waals surface area contributed by atoms with Crippen molar-refractivity contribution in [3.8, 4) is 17.3 Å². The second kappa shape index (κ2) is 13.2. The molecule has 13 heteroatoms. The van der Waals surface area contributed by atoms with Crippen LogP contribution in [0, 0.1) is 11.3 Å². The van der Waals surface area contributed by atoms with Crippen LogP contribution in [-0.4, -0.2) is 86.5 Å². The van der Waals surface area contributed by atoms with Gasteiger partial charge in [0.1, 0.15) is 30.0 Å². The number of nitrogens with zero attached hydrogens (tertiary/aromatic N) is 5. The maximum atomic E-state index is 14.5. The van der Waals surface area contributed by atoms with Crippen LogP contribution in [0.3, 0.4) is 0 Å². The van der Waals surface area contributed by atoms with Gasteiger partial charge in [0.2, 0.25) is 0 Å². The fourth-order valence-corrected chi connectivity index (χ4v) is 6.32. The molecule has 5 rings (SSSR count). The fourth-order valence-electron chi connectivity index (χ4n) is 5.82. The van der Waals surface area contributed by atoms with E-state index in [1.165, 1.54) is 28.8 Å². The van der Waals surface area contributed by atoms with E-state index in [0.29, 0.717) is 24.2 Å². The number of aliphatic hydroxyl groups is 3. The molecule has 1 aromatic heterocycles. The van der Waals surface area contributed by atoms with Gasteiger partial charge in [-0.3, -0.25) is 4.79 Å². The quantitative estimate of drug-likeness (QED) is 0.347. The van der Waals surface area contributed by atoms with E-state index in [0.717, 1.165) is 22.9 Å². The molecule has 2 aromatic carbocycles. The first-order valence-electron chi connectivity index (χ1n) is 13.6. The average Bonchev–Trinajstić information content (AvgIpc) is 3.47. The van der Waals surface area contributed by atoms with Crippen molar-refractivity contribution in [1.29, 1.82) is 5.26 Å². The van der Waals surface area contributed by atoms with Crippen molar-refractivity contribution in [2.24, 2.45) is 0 Å². The van der Waals surface area contributed by atoms with Crippen LogP contribution in [0.4, 0.5) is 5.69 Å². The number of methoxy groups -OCH3 is 1. The summed E-state index contributed by atoms with van der Waals surface area (Å²) in [6.45, 7) is -0.575. The molecule has 1 saturated heterocycles. The summed E-state index contributed by atoms with van der Waals surface area (Å²) in [6.07, 6.45) is -1.40. The van der Waals surface area contributed by atoms with E-state index < -0.39 is 55.1 Å². The van der Waals surface area contributed by atoms with Gasteiger partial charge in [-0.15, -0.1) is 5.10 Å². The topological polar surface area (TPSA) is 154 Å². The van der Waals surface area contributed by atoms with E-state index in [4.69, 9.17) is 21.1 Å². The van der Waals surface area contributed by atoms with Gasteiger partial charge < -0.3 is 29.7 Å². The average molecular weight is 661 g/mol. The van der Waals surface area contributed by atoms with Crippen molar-refractivity contribution in [1.82, 2.24) is 15.0 Å². The highest BCUT2D eigenvalue weighted by Crippen LogP contribution is 2.37. The van der Waals surface area contributed by atoms with E-state index in [2.05, 4.69) is 32.3 Å². The van der Waals surface area contributed by atoms with Crippen molar-refractivity contribution in [3.63, 3.8) is 0 Å². The van der Waals surface area contributed by atoms with E-state index in [1.54, 1.807) is 12.3 Å². The number of carbonyl (C=O) groups is 1. The number of anilines is 1. The largest absolute Gasteiger partial charge is 0.394 e. The molecule has 1 amide bonds. The molecule has 3 aromatic rings. The smallest absolute Gasteiger partial charge is 0.259 e. The lowest BCUT2D eigenvalue weighted by Gasteiger charge is -2.46. The fraction of sp³-hybridized carbons (Fsp3) is 0.448. The Morgan fingerprint density at radius 2 is 1.98 bits per heavy atom. The number of hydrogen-bond acceptors (Lipinski definition) is 9. The predicted octanol–water partition coefficient (Wildman–Crippen LogP) is 3.25. The molecule has 11 nitrogen and oxygen atoms in total. The number of ether oxygens (including phenoxy) is 2. The maximum absolute atomic E-state index is 14.5. The van der Waals surface area contributed by atoms with Gasteiger partial charge in [0.15, 0.2) is 6.10 Å². The van der Waals surface area contributed by atoms with Gasteiger partial charge in [0.05, 0.1) is 36.6 Å². The van der Waals surface area contributed by atoms with Crippen LogP contribution in [0.25, 0.3) is 11.3 Å². The van der Waals surface area contributed by atoms with Crippen molar-refractivity contribution < 1.29 is 29.6 Å². The zero-order valence-corrected chi connectivity index (χ0v) is 25.1. The molecule has 2 fully saturated rings. The molecule has 42 heavy (non-hydrogen) atoms. The minimum atomic E-state index is -1.32. The normalized spacial score (nSPS) is 27.8. The number of carbonyl (C=O) groups excluding carboxylic acids is 1. The lowest BCUT2D eigenvalue weighted by molar-refractivity contribution is -0.211. The summed E-state index contributed by atoms with van der Waals surface area (Å²) >= 11 is 9.74. The first-order chi connectivity index (χ1) is 20.2. The highest BCUT2D eigenvalue weighted by Gasteiger charge is 2.52. The second-order valence-electron chi connectivity index (χ2n) is 10.5. The Labute approximate surface area is 256 Å². The zero-order valence-electron chi connectivity index (χ0n) is 22.8. The van der Waals surface area contributed by atoms with Crippen LogP contribution in [0.15, 0.2) is 53.1 Å². The Kier molecular flexibility index (Phi) is 9.59. The Morgan fingerprint density at radius 1 is 1.24 bits per heavy atom. The SMILES string of the molecule is CO[C@@H]1[C@@H](n2cc(-c3ccc(Br)cc3)nn2)[C@@H](O)[C@@H](CO)O[C@H]1C(=O)N(c1cc(Cl)cc(C#N)c1)[C@H]1CCCC[C@@H]1O. The van der Waals surface area contributed by atoms with Crippen molar-refractivity contribution in [2.75, 3.05) is 18.6 Å². The van der Waals surface area contributed by atoms with E-state index in [9.17, 15) is 25.4 Å². The third-order valence-corrected chi connectivity index (χ3v) is 8.64. The molecule has 0 radical (unpaired) electrons. The Balaban J connectivity index is 1.55. The monoisotopic (exact) mass is 659 g/mol. The number of hydrogen-bond donors (Lipinski definition) is 3. The summed E-state index contributed by atoms with van der Waals surface area (Å²) in [5.41, 5.74) is 1.90. The molecule has 3 N–H and O–H groups in total. The molecule has 0 bridgehead atoms. The van der Waals surface area contributed by atoms with Crippen molar-refractivity contribution in [2.45, 2.75) is 68.3 Å². The van der Waals surface area contributed by atoms with Gasteiger partial charge in [-0.2, -0.15) is 5.26 Å². The molecular weight excluding hydrogens is 630 g/mol. The lowest BCUT2D eigenvalue weighted by atomic mass is 9.88. The zero-order chi connectivity index (χ0) is 30.0. The molecule has 1 saturated carbocycles. The number of aromatic nitrogens is 3. The molecule has 1 aliphatic heterocycles. The van der Waals surface area contributed by atoms with Crippen molar-refractivity contribution in [3.05, 3.63) is 63.7 Å². The Hall–Kier alpha value is -2.89. The highest BCUT2D eigenvalue weighted by atomic mass is 79.9. The molecule has 1 aliphatic carbocycles. The summed E-state index contributed by atoms with van der Waals surface area (Å²) in [5, 5.41) is 50.8. The first-order valence-corrected chi connectivity index (χ1v) is 14.8. The summed E-state index contributed by atoms with van der Waals surface area (Å²) in [4.78, 5) is 15.9. The maximum Gasteiger partial charge on any atom is 0.259 e. The van der Waals surface area contributed by atoms with Crippen LogP contribution >= 0.6 is 27.5 Å². The van der Waals surface area contributed by atoms with Crippen LogP contribution < -0.4 is 4.90 Å². The molecule has 2 heterocycles. The number of aliphatic hydroxyl groups excluding tert-OH is 3. The van der Waals surface area contributed by atoms with E-state index >= 15 is 0 Å². The highest BCUT2D eigenvalue weighted by molar-refractivity contribution is 9.10. The number of nitriles is 1. The molecular formula is C29H31BrClN5O6. The minimum absolute atomic E-state index is 0.248. The van der Waals surface area contributed by atoms with E-state index in [1.807, 2.05) is 24.3 Å². The Bertz CT molecular complexity index is 1450. The molecule has 222 valence electrons. The standard InChI is InChI=1S/C29H31BrClN5O6/c1-41-27-25(35-14-21(33-34-35)17-6-8-18(30)9-7-17)26(39)24(15-37)42-28(27)29(40)36(22-4-2-3-5-23(22)38)20-11-16(13-32)10-19(31)12-20/h6-12,14,22-28,37-39H,2-5,15H2,1H3/t22-,23-,24+,25-,26-,27+,28+/m0/s1. The van der Waals surface area contributed by atoms with Crippen LogP contribution in [0.2, 0.25) is 5.02 Å². The summed E-state index contributed by atoms with van der Waals surface area (Å²) in [7, 11) is 1.40. The number of halogens is 2. The van der Waals surface area contributed by atoms with Crippen LogP contribution in [0.5, 0.6) is 0 Å². The van der Waals surface area contributed by atoms with Gasteiger partial charge in [-0.25, -0.2) is 4.68 Å². The van der Waals surface area contributed by atoms with Gasteiger partial charge in [0, 0.05) is 27.9 Å².